The van der Waals surface area contributed by atoms with Gasteiger partial charge >= 0.3 is 0 Å². The summed E-state index contributed by atoms with van der Waals surface area (Å²) in [7, 11) is 0. The number of hydrogen-bond acceptors (Lipinski definition) is 6. The van der Waals surface area contributed by atoms with Crippen molar-refractivity contribution >= 4 is 18.1 Å². The second-order valence-electron chi connectivity index (χ2n) is 7.18. The molecule has 1 fully saturated rings. The Morgan fingerprint density at radius 1 is 1.30 bits per heavy atom. The van der Waals surface area contributed by atoms with Crippen LogP contribution in [0.2, 0.25) is 0 Å². The van der Waals surface area contributed by atoms with Crippen LogP contribution < -0.4 is 32.2 Å². The molecule has 4 heterocycles. The number of rotatable bonds is 3. The SMILES string of the molecule is Cc1[nH]nc(-c2nc3c([nH]2)=CC2=CNNC2C=3)c1C(=O)NC1CCNCC1. The number of fused-ring (bicyclic) bond motifs is 2. The highest BCUT2D eigenvalue weighted by Gasteiger charge is 2.25. The molecule has 1 aliphatic carbocycles. The van der Waals surface area contributed by atoms with Crippen molar-refractivity contribution in [2.75, 3.05) is 13.1 Å². The lowest BCUT2D eigenvalue weighted by atomic mass is 10.1. The topological polar surface area (TPSA) is 123 Å². The molecule has 0 bridgehead atoms. The van der Waals surface area contributed by atoms with E-state index in [4.69, 9.17) is 0 Å². The van der Waals surface area contributed by atoms with Crippen molar-refractivity contribution < 1.29 is 4.79 Å². The number of nitrogens with zero attached hydrogens (tertiary/aromatic N) is 2. The number of nitrogens with one attached hydrogen (secondary N) is 6. The number of H-pyrrole nitrogens is 2. The second-order valence-corrected chi connectivity index (χ2v) is 7.18. The van der Waals surface area contributed by atoms with Crippen molar-refractivity contribution in [1.82, 2.24) is 41.7 Å². The summed E-state index contributed by atoms with van der Waals surface area (Å²) in [6.07, 6.45) is 7.91. The molecule has 9 heteroatoms. The maximum absolute atomic E-state index is 12.9. The summed E-state index contributed by atoms with van der Waals surface area (Å²) < 4.78 is 0. The normalized spacial score (nSPS) is 21.4. The fourth-order valence-electron chi connectivity index (χ4n) is 3.83. The molecule has 0 radical (unpaired) electrons. The van der Waals surface area contributed by atoms with Crippen LogP contribution in [0.3, 0.4) is 0 Å². The van der Waals surface area contributed by atoms with Crippen molar-refractivity contribution in [1.29, 1.82) is 0 Å². The van der Waals surface area contributed by atoms with Gasteiger partial charge in [-0.05, 0) is 50.6 Å². The molecule has 0 spiro atoms. The minimum atomic E-state index is -0.101. The summed E-state index contributed by atoms with van der Waals surface area (Å²) in [5.41, 5.74) is 9.15. The molecule has 5 rings (SSSR count). The predicted octanol–water partition coefficient (Wildman–Crippen LogP) is -1.48. The molecule has 2 aromatic heterocycles. The molecular formula is C18H22N8O. The first-order valence-corrected chi connectivity index (χ1v) is 9.26. The van der Waals surface area contributed by atoms with E-state index in [1.165, 1.54) is 0 Å². The number of amides is 1. The maximum Gasteiger partial charge on any atom is 0.255 e. The molecule has 27 heavy (non-hydrogen) atoms. The Morgan fingerprint density at radius 2 is 2.15 bits per heavy atom. The zero-order chi connectivity index (χ0) is 18.4. The molecule has 1 unspecified atom stereocenters. The number of aromatic nitrogens is 4. The molecule has 0 saturated carbocycles. The van der Waals surface area contributed by atoms with Crippen molar-refractivity contribution in [3.05, 3.63) is 33.7 Å². The van der Waals surface area contributed by atoms with Gasteiger partial charge in [0.05, 0.1) is 22.3 Å². The molecule has 2 aliphatic heterocycles. The minimum Gasteiger partial charge on any atom is -0.349 e. The molecule has 0 aromatic carbocycles. The Hall–Kier alpha value is -2.91. The van der Waals surface area contributed by atoms with Crippen LogP contribution in [0, 0.1) is 6.92 Å². The van der Waals surface area contributed by atoms with Crippen molar-refractivity contribution in [2.45, 2.75) is 31.8 Å². The van der Waals surface area contributed by atoms with Gasteiger partial charge in [0, 0.05) is 17.9 Å². The van der Waals surface area contributed by atoms with Crippen molar-refractivity contribution in [3.63, 3.8) is 0 Å². The fraction of sp³-hybridized carbons (Fsp3) is 0.389. The molecule has 1 atom stereocenters. The quantitative estimate of drug-likeness (QED) is 0.394. The second kappa shape index (κ2) is 6.36. The highest BCUT2D eigenvalue weighted by molar-refractivity contribution is 6.00. The average Bonchev–Trinajstić information content (AvgIpc) is 3.37. The number of hydrazine groups is 1. The number of carbonyl (C=O) groups is 1. The standard InChI is InChI=1S/C18H22N8O/c1-9-15(18(27)21-11-2-4-19-5-3-11)16(26-24-9)17-22-13-6-10-8-20-25-12(10)7-14(13)23-17/h6-8,11-12,19-20,25H,2-5H2,1H3,(H,21,27)(H,22,23)(H,24,26). The van der Waals surface area contributed by atoms with E-state index in [-0.39, 0.29) is 18.0 Å². The third-order valence-electron chi connectivity index (χ3n) is 5.31. The van der Waals surface area contributed by atoms with Gasteiger partial charge in [0.1, 0.15) is 5.69 Å². The van der Waals surface area contributed by atoms with Crippen LogP contribution in [0.4, 0.5) is 0 Å². The molecule has 2 aromatic rings. The van der Waals surface area contributed by atoms with Crippen LogP contribution in [0.25, 0.3) is 23.7 Å². The van der Waals surface area contributed by atoms with E-state index in [2.05, 4.69) is 53.8 Å². The number of aryl methyl sites for hydroxylation is 1. The molecule has 1 saturated heterocycles. The smallest absolute Gasteiger partial charge is 0.255 e. The fourth-order valence-corrected chi connectivity index (χ4v) is 3.83. The summed E-state index contributed by atoms with van der Waals surface area (Å²) >= 11 is 0. The van der Waals surface area contributed by atoms with Crippen LogP contribution in [-0.2, 0) is 0 Å². The van der Waals surface area contributed by atoms with E-state index in [0.29, 0.717) is 17.1 Å². The van der Waals surface area contributed by atoms with Gasteiger partial charge < -0.3 is 21.0 Å². The summed E-state index contributed by atoms with van der Waals surface area (Å²) in [5, 5.41) is 15.5. The molecule has 6 N–H and O–H groups in total. The zero-order valence-corrected chi connectivity index (χ0v) is 15.0. The van der Waals surface area contributed by atoms with Gasteiger partial charge in [-0.25, -0.2) is 10.4 Å². The summed E-state index contributed by atoms with van der Waals surface area (Å²) in [6.45, 7) is 3.72. The average molecular weight is 366 g/mol. The monoisotopic (exact) mass is 366 g/mol. The van der Waals surface area contributed by atoms with Gasteiger partial charge in [0.25, 0.3) is 5.91 Å². The molecule has 9 nitrogen and oxygen atoms in total. The molecule has 3 aliphatic rings. The van der Waals surface area contributed by atoms with E-state index in [1.807, 2.05) is 13.1 Å². The third-order valence-corrected chi connectivity index (χ3v) is 5.31. The number of aromatic amines is 2. The third kappa shape index (κ3) is 2.84. The lowest BCUT2D eigenvalue weighted by Gasteiger charge is -2.23. The van der Waals surface area contributed by atoms with E-state index in [0.717, 1.165) is 47.9 Å². The Balaban J connectivity index is 1.49. The zero-order valence-electron chi connectivity index (χ0n) is 15.0. The van der Waals surface area contributed by atoms with Crippen LogP contribution >= 0.6 is 0 Å². The first-order chi connectivity index (χ1) is 13.2. The van der Waals surface area contributed by atoms with Crippen molar-refractivity contribution in [2.24, 2.45) is 0 Å². The Kier molecular flexibility index (Phi) is 3.83. The lowest BCUT2D eigenvalue weighted by Crippen LogP contribution is -2.42. The molecule has 1 amide bonds. The van der Waals surface area contributed by atoms with Crippen LogP contribution in [-0.4, -0.2) is 51.2 Å². The lowest BCUT2D eigenvalue weighted by molar-refractivity contribution is 0.0929. The van der Waals surface area contributed by atoms with Gasteiger partial charge in [-0.1, -0.05) is 0 Å². The first kappa shape index (κ1) is 16.3. The van der Waals surface area contributed by atoms with Gasteiger partial charge in [-0.15, -0.1) is 0 Å². The van der Waals surface area contributed by atoms with Gasteiger partial charge in [-0.2, -0.15) is 5.10 Å². The first-order valence-electron chi connectivity index (χ1n) is 9.26. The van der Waals surface area contributed by atoms with E-state index in [9.17, 15) is 4.79 Å². The van der Waals surface area contributed by atoms with Gasteiger partial charge in [0.2, 0.25) is 0 Å². The predicted molar refractivity (Wildman–Crippen MR) is 101 cm³/mol. The summed E-state index contributed by atoms with van der Waals surface area (Å²) in [6, 6.07) is 0.300. The van der Waals surface area contributed by atoms with Crippen LogP contribution in [0.15, 0.2) is 11.8 Å². The number of carbonyl (C=O) groups excluding carboxylic acids is 1. The minimum absolute atomic E-state index is 0.101. The molecular weight excluding hydrogens is 344 g/mol. The Morgan fingerprint density at radius 3 is 3.00 bits per heavy atom. The summed E-state index contributed by atoms with van der Waals surface area (Å²) in [4.78, 5) is 20.9. The maximum atomic E-state index is 12.9. The van der Waals surface area contributed by atoms with Crippen molar-refractivity contribution in [3.8, 4) is 11.5 Å². The summed E-state index contributed by atoms with van der Waals surface area (Å²) in [5.74, 6) is 0.497. The highest BCUT2D eigenvalue weighted by atomic mass is 16.1. The highest BCUT2D eigenvalue weighted by Crippen LogP contribution is 2.20. The molecule has 140 valence electrons. The number of piperidine rings is 1. The number of imidazole rings is 1. The van der Waals surface area contributed by atoms with Gasteiger partial charge in [0.15, 0.2) is 5.82 Å². The number of hydrogen-bond donors (Lipinski definition) is 6. The van der Waals surface area contributed by atoms with Crippen LogP contribution in [0.1, 0.15) is 28.9 Å². The van der Waals surface area contributed by atoms with Crippen LogP contribution in [0.5, 0.6) is 0 Å². The van der Waals surface area contributed by atoms with E-state index >= 15 is 0 Å². The van der Waals surface area contributed by atoms with E-state index in [1.54, 1.807) is 0 Å². The largest absolute Gasteiger partial charge is 0.349 e. The Bertz CT molecular complexity index is 1040. The van der Waals surface area contributed by atoms with E-state index < -0.39 is 0 Å². The Labute approximate surface area is 155 Å². The van der Waals surface area contributed by atoms with Gasteiger partial charge in [-0.3, -0.25) is 9.89 Å².